The number of anilines is 1. The summed E-state index contributed by atoms with van der Waals surface area (Å²) in [6.45, 7) is -1.41. The average Bonchev–Trinajstić information content (AvgIpc) is 3.70. The van der Waals surface area contributed by atoms with Crippen LogP contribution in [-0.4, -0.2) is 120 Å². The molecule has 41 heavy (non-hydrogen) atoms. The fourth-order valence-corrected chi connectivity index (χ4v) is 5.61. The van der Waals surface area contributed by atoms with E-state index in [4.69, 9.17) is 24.3 Å². The molecule has 2 aliphatic rings. The van der Waals surface area contributed by atoms with Crippen molar-refractivity contribution in [2.24, 2.45) is 0 Å². The van der Waals surface area contributed by atoms with Crippen molar-refractivity contribution in [1.82, 2.24) is 44.5 Å². The molecule has 0 saturated carbocycles. The largest absolute Gasteiger partial charge is 0.472 e. The highest BCUT2D eigenvalue weighted by Gasteiger charge is 2.50. The van der Waals surface area contributed by atoms with Crippen molar-refractivity contribution in [2.75, 3.05) is 18.9 Å². The Hall–Kier alpha value is -3.50. The van der Waals surface area contributed by atoms with E-state index in [1.165, 1.54) is 10.9 Å². The number of nitrogens with two attached hydrogens (primary N) is 1. The number of nitrogens with zero attached hydrogens (tertiary/aromatic N) is 8. The maximum absolute atomic E-state index is 13.0. The number of hydrogen-bond donors (Lipinski definition) is 7. The van der Waals surface area contributed by atoms with Gasteiger partial charge in [0.25, 0.3) is 5.56 Å². The second-order valence-electron chi connectivity index (χ2n) is 9.17. The lowest BCUT2D eigenvalue weighted by atomic mass is 10.1. The molecule has 1 unspecified atom stereocenters. The van der Waals surface area contributed by atoms with Crippen LogP contribution in [0.2, 0.25) is 0 Å². The summed E-state index contributed by atoms with van der Waals surface area (Å²) in [5, 5.41) is 50.7. The summed E-state index contributed by atoms with van der Waals surface area (Å²) in [5.74, 6) is 0.0535. The van der Waals surface area contributed by atoms with Crippen molar-refractivity contribution in [3.05, 3.63) is 29.3 Å². The number of aromatic nitrogens is 9. The molecular weight excluding hydrogens is 575 g/mol. The molecule has 2 saturated heterocycles. The summed E-state index contributed by atoms with van der Waals surface area (Å²) < 4.78 is 37.0. The van der Waals surface area contributed by atoms with Crippen LogP contribution in [0.25, 0.3) is 22.3 Å². The molecule has 0 amide bonds. The lowest BCUT2D eigenvalue weighted by Gasteiger charge is -2.24. The van der Waals surface area contributed by atoms with Crippen LogP contribution in [0.1, 0.15) is 12.5 Å². The van der Waals surface area contributed by atoms with Crippen LogP contribution in [-0.2, 0) is 23.1 Å². The van der Waals surface area contributed by atoms with Gasteiger partial charge in [-0.15, -0.1) is 5.10 Å². The van der Waals surface area contributed by atoms with E-state index in [-0.39, 0.29) is 28.1 Å². The Morgan fingerprint density at radius 1 is 0.976 bits per heavy atom. The van der Waals surface area contributed by atoms with E-state index in [0.29, 0.717) is 0 Å². The highest BCUT2D eigenvalue weighted by atomic mass is 31.2. The molecule has 4 aromatic heterocycles. The number of ether oxygens (including phenoxy) is 2. The minimum Gasteiger partial charge on any atom is -0.394 e. The van der Waals surface area contributed by atoms with Gasteiger partial charge >= 0.3 is 7.82 Å². The summed E-state index contributed by atoms with van der Waals surface area (Å²) in [7, 11) is -5.02. The van der Waals surface area contributed by atoms with Crippen LogP contribution in [0.15, 0.2) is 23.8 Å². The normalized spacial score (nSPS) is 31.7. The van der Waals surface area contributed by atoms with Gasteiger partial charge in [-0.3, -0.25) is 23.0 Å². The minimum absolute atomic E-state index is 0.0403. The molecule has 0 aromatic carbocycles. The van der Waals surface area contributed by atoms with Gasteiger partial charge in [-0.1, -0.05) is 5.21 Å². The number of nitrogen functional groups attached to an aromatic ring is 1. The summed E-state index contributed by atoms with van der Waals surface area (Å²) in [4.78, 5) is 38.3. The molecule has 6 rings (SSSR count). The fraction of sp³-hybridized carbons (Fsp3) is 0.526. The minimum atomic E-state index is -5.02. The Morgan fingerprint density at radius 2 is 1.68 bits per heavy atom. The highest BCUT2D eigenvalue weighted by molar-refractivity contribution is 7.47. The first-order valence-electron chi connectivity index (χ1n) is 11.9. The third kappa shape index (κ3) is 4.76. The van der Waals surface area contributed by atoms with Gasteiger partial charge in [-0.2, -0.15) is 0 Å². The third-order valence-corrected chi connectivity index (χ3v) is 7.69. The second kappa shape index (κ2) is 10.4. The molecule has 0 aliphatic carbocycles. The molecule has 8 N–H and O–H groups in total. The smallest absolute Gasteiger partial charge is 0.394 e. The topological polar surface area (TPSA) is 301 Å². The first kappa shape index (κ1) is 27.7. The average molecular weight is 598 g/mol. The Labute approximate surface area is 226 Å². The lowest BCUT2D eigenvalue weighted by molar-refractivity contribution is -0.0616. The second-order valence-corrected chi connectivity index (χ2v) is 10.6. The van der Waals surface area contributed by atoms with Crippen LogP contribution in [0.3, 0.4) is 0 Å². The fourth-order valence-electron chi connectivity index (χ4n) is 4.68. The van der Waals surface area contributed by atoms with Gasteiger partial charge in [0.05, 0.1) is 25.9 Å². The van der Waals surface area contributed by atoms with E-state index < -0.39 is 75.7 Å². The van der Waals surface area contributed by atoms with Crippen LogP contribution in [0.5, 0.6) is 0 Å². The van der Waals surface area contributed by atoms with E-state index in [9.17, 15) is 34.7 Å². The lowest BCUT2D eigenvalue weighted by Crippen LogP contribution is -2.36. The zero-order valence-electron chi connectivity index (χ0n) is 20.6. The maximum atomic E-state index is 13.0. The zero-order valence-corrected chi connectivity index (χ0v) is 21.4. The van der Waals surface area contributed by atoms with E-state index in [1.54, 1.807) is 0 Å². The van der Waals surface area contributed by atoms with Crippen LogP contribution in [0.4, 0.5) is 5.82 Å². The molecule has 0 spiro atoms. The molecule has 21 nitrogen and oxygen atoms in total. The third-order valence-electron chi connectivity index (χ3n) is 6.70. The predicted molar refractivity (Wildman–Crippen MR) is 129 cm³/mol. The molecular formula is C19H23N10O11P. The number of aromatic amines is 1. The number of aliphatic hydroxyl groups is 4. The van der Waals surface area contributed by atoms with Gasteiger partial charge in [-0.05, 0) is 0 Å². The number of hydrogen-bond acceptors (Lipinski definition) is 17. The molecule has 220 valence electrons. The van der Waals surface area contributed by atoms with Crippen molar-refractivity contribution in [3.63, 3.8) is 0 Å². The highest BCUT2D eigenvalue weighted by Crippen LogP contribution is 2.50. The number of fused-ring (bicyclic) bond motifs is 2. The van der Waals surface area contributed by atoms with Crippen LogP contribution in [0, 0.1) is 0 Å². The van der Waals surface area contributed by atoms with Gasteiger partial charge in [0, 0.05) is 0 Å². The van der Waals surface area contributed by atoms with Crippen molar-refractivity contribution in [3.8, 4) is 0 Å². The number of phosphoric ester groups is 1. The Kier molecular flexibility index (Phi) is 7.02. The Balaban J connectivity index is 1.18. The van der Waals surface area contributed by atoms with Crippen LogP contribution < -0.4 is 11.3 Å². The van der Waals surface area contributed by atoms with Gasteiger partial charge < -0.3 is 40.5 Å². The standard InChI is InChI=1S/C19H23N10O11P/c20-14-8-15(22-3-21-14)28(4-23-8)19-13(11(32)6(1-30)38-19)40-41(35,36)37-2-7-10(31)12(33)18(39-7)29-5-24-9-16(29)25-27-26-17(9)34/h3-7,10-13,18-19,30-33H,1-2H2,(H,35,36)(H2,20,21,22)(H,25,26,34)/t6-,7-,10-,11-,12-,13-,18-,19-/m1/s1. The molecule has 2 fully saturated rings. The van der Waals surface area contributed by atoms with E-state index in [0.717, 1.165) is 17.2 Å². The number of aliphatic hydroxyl groups excluding tert-OH is 4. The van der Waals surface area contributed by atoms with Crippen molar-refractivity contribution < 1.29 is 48.4 Å². The molecule has 0 bridgehead atoms. The molecule has 0 radical (unpaired) electrons. The Morgan fingerprint density at radius 3 is 2.44 bits per heavy atom. The van der Waals surface area contributed by atoms with Crippen molar-refractivity contribution in [1.29, 1.82) is 0 Å². The summed E-state index contributed by atoms with van der Waals surface area (Å²) >= 11 is 0. The molecule has 6 heterocycles. The van der Waals surface area contributed by atoms with Crippen molar-refractivity contribution >= 4 is 36.0 Å². The van der Waals surface area contributed by atoms with Crippen LogP contribution >= 0.6 is 7.82 Å². The number of H-pyrrole nitrogens is 1. The van der Waals surface area contributed by atoms with Gasteiger partial charge in [0.15, 0.2) is 35.1 Å². The Bertz CT molecular complexity index is 1680. The first-order chi connectivity index (χ1) is 19.6. The summed E-state index contributed by atoms with van der Waals surface area (Å²) in [5.41, 5.74) is 5.40. The monoisotopic (exact) mass is 598 g/mol. The van der Waals surface area contributed by atoms with E-state index in [2.05, 4.69) is 35.3 Å². The first-order valence-corrected chi connectivity index (χ1v) is 13.4. The van der Waals surface area contributed by atoms with Gasteiger partial charge in [-0.25, -0.2) is 29.6 Å². The number of phosphoric acid groups is 1. The maximum Gasteiger partial charge on any atom is 0.472 e. The zero-order chi connectivity index (χ0) is 29.1. The number of rotatable bonds is 8. The molecule has 4 aromatic rings. The van der Waals surface area contributed by atoms with Gasteiger partial charge in [0.1, 0.15) is 48.5 Å². The number of nitrogens with one attached hydrogen (secondary N) is 1. The van der Waals surface area contributed by atoms with E-state index >= 15 is 0 Å². The van der Waals surface area contributed by atoms with E-state index in [1.807, 2.05) is 0 Å². The molecule has 2 aliphatic heterocycles. The quantitative estimate of drug-likeness (QED) is 0.0960. The SMILES string of the molecule is Nc1ncnc2c1ncn2[C@@H]1O[C@H](CO)[C@@H](O)[C@H]1OP(=O)(O)OC[C@H]1O[C@@H](n2cnc3c(=O)[nH]nnc32)[C@H](O)[C@@H]1O. The van der Waals surface area contributed by atoms with Crippen molar-refractivity contribution in [2.45, 2.75) is 49.1 Å². The molecule has 9 atom stereocenters. The molecule has 22 heteroatoms. The number of imidazole rings is 2. The summed E-state index contributed by atoms with van der Waals surface area (Å²) in [6, 6.07) is 0. The predicted octanol–water partition coefficient (Wildman–Crippen LogP) is -3.69. The van der Waals surface area contributed by atoms with Gasteiger partial charge in [0.2, 0.25) is 0 Å². The summed E-state index contributed by atoms with van der Waals surface area (Å²) in [6.07, 6.45) is -7.97.